The van der Waals surface area contributed by atoms with Crippen LogP contribution >= 0.6 is 0 Å². The zero-order chi connectivity index (χ0) is 14.8. The number of sulfonamides is 1. The number of carbonyl (C=O) groups excluding carboxylic acids is 1. The molecule has 0 radical (unpaired) electrons. The highest BCUT2D eigenvalue weighted by Gasteiger charge is 2.07. The van der Waals surface area contributed by atoms with Crippen LogP contribution in [0.5, 0.6) is 5.75 Å². The third-order valence-corrected chi connectivity index (χ3v) is 3.93. The van der Waals surface area contributed by atoms with Crippen molar-refractivity contribution >= 4 is 15.9 Å². The fraction of sp³-hybridized carbons (Fsp3) is 0.462. The molecule has 1 aromatic carbocycles. The second-order valence-electron chi connectivity index (χ2n) is 4.14. The topological polar surface area (TPSA) is 84.5 Å². The van der Waals surface area contributed by atoms with E-state index in [1.165, 1.54) is 7.05 Å². The number of hydrogen-bond acceptors (Lipinski definition) is 4. The highest BCUT2D eigenvalue weighted by atomic mass is 32.2. The van der Waals surface area contributed by atoms with Crippen LogP contribution < -0.4 is 14.8 Å². The van der Waals surface area contributed by atoms with Crippen molar-refractivity contribution in [2.75, 3.05) is 26.0 Å². The summed E-state index contributed by atoms with van der Waals surface area (Å²) in [6.45, 7) is 0.563. The third-order valence-electron chi connectivity index (χ3n) is 2.56. The monoisotopic (exact) mass is 300 g/mol. The van der Waals surface area contributed by atoms with Gasteiger partial charge in [-0.1, -0.05) is 18.2 Å². The molecule has 0 unspecified atom stereocenters. The van der Waals surface area contributed by atoms with Gasteiger partial charge in [0, 0.05) is 13.0 Å². The molecule has 0 heterocycles. The molecule has 112 valence electrons. The third kappa shape index (κ3) is 7.10. The first-order valence-electron chi connectivity index (χ1n) is 6.39. The van der Waals surface area contributed by atoms with Gasteiger partial charge in [-0.25, -0.2) is 13.1 Å². The van der Waals surface area contributed by atoms with Crippen molar-refractivity contribution in [2.24, 2.45) is 0 Å². The maximum atomic E-state index is 11.4. The fourth-order valence-corrected chi connectivity index (χ4v) is 2.03. The first-order chi connectivity index (χ1) is 9.53. The number of ether oxygens (including phenoxy) is 1. The second-order valence-corrected chi connectivity index (χ2v) is 6.18. The Morgan fingerprint density at radius 3 is 2.60 bits per heavy atom. The molecule has 0 fully saturated rings. The van der Waals surface area contributed by atoms with Crippen LogP contribution in [0.4, 0.5) is 0 Å². The summed E-state index contributed by atoms with van der Waals surface area (Å²) in [7, 11) is -1.92. The molecular formula is C13H20N2O4S. The molecule has 0 aliphatic rings. The normalized spacial score (nSPS) is 11.1. The van der Waals surface area contributed by atoms with Gasteiger partial charge in [0.2, 0.25) is 15.9 Å². The van der Waals surface area contributed by atoms with Gasteiger partial charge in [0.15, 0.2) is 0 Å². The van der Waals surface area contributed by atoms with Crippen molar-refractivity contribution in [3.8, 4) is 5.75 Å². The highest BCUT2D eigenvalue weighted by Crippen LogP contribution is 2.08. The first kappa shape index (κ1) is 16.5. The maximum absolute atomic E-state index is 11.4. The fourth-order valence-electron chi connectivity index (χ4n) is 1.45. The number of carbonyl (C=O) groups is 1. The summed E-state index contributed by atoms with van der Waals surface area (Å²) in [4.78, 5) is 11.4. The van der Waals surface area contributed by atoms with Gasteiger partial charge in [0.05, 0.1) is 12.4 Å². The summed E-state index contributed by atoms with van der Waals surface area (Å²) >= 11 is 0. The van der Waals surface area contributed by atoms with Gasteiger partial charge in [-0.15, -0.1) is 0 Å². The van der Waals surface area contributed by atoms with E-state index in [1.807, 2.05) is 30.3 Å². The van der Waals surface area contributed by atoms with Crippen LogP contribution in [0.2, 0.25) is 0 Å². The van der Waals surface area contributed by atoms with Crippen LogP contribution in [-0.2, 0) is 14.8 Å². The van der Waals surface area contributed by atoms with Crippen LogP contribution in [0.1, 0.15) is 12.8 Å². The van der Waals surface area contributed by atoms with Gasteiger partial charge >= 0.3 is 0 Å². The summed E-state index contributed by atoms with van der Waals surface area (Å²) in [6.07, 6.45) is 0.895. The lowest BCUT2D eigenvalue weighted by atomic mass is 10.3. The van der Waals surface area contributed by atoms with E-state index in [0.717, 1.165) is 5.75 Å². The largest absolute Gasteiger partial charge is 0.494 e. The molecule has 0 atom stereocenters. The van der Waals surface area contributed by atoms with E-state index in [2.05, 4.69) is 10.0 Å². The van der Waals surface area contributed by atoms with Crippen molar-refractivity contribution in [3.05, 3.63) is 30.3 Å². The summed E-state index contributed by atoms with van der Waals surface area (Å²) in [5.74, 6) is 0.483. The molecular weight excluding hydrogens is 280 g/mol. The van der Waals surface area contributed by atoms with E-state index in [-0.39, 0.29) is 18.2 Å². The quantitative estimate of drug-likeness (QED) is 0.651. The zero-order valence-electron chi connectivity index (χ0n) is 11.5. The Morgan fingerprint density at radius 1 is 1.25 bits per heavy atom. The molecule has 0 aliphatic carbocycles. The molecule has 0 aliphatic heterocycles. The van der Waals surface area contributed by atoms with Gasteiger partial charge in [0.25, 0.3) is 0 Å². The summed E-state index contributed by atoms with van der Waals surface area (Å²) < 4.78 is 29.9. The Bertz CT molecular complexity index is 502. The number of nitrogens with one attached hydrogen (secondary N) is 2. The number of benzene rings is 1. The first-order valence-corrected chi connectivity index (χ1v) is 8.04. The Labute approximate surface area is 119 Å². The number of rotatable bonds is 9. The van der Waals surface area contributed by atoms with Gasteiger partial charge in [-0.2, -0.15) is 0 Å². The lowest BCUT2D eigenvalue weighted by Gasteiger charge is -2.07. The van der Waals surface area contributed by atoms with E-state index in [9.17, 15) is 13.2 Å². The summed E-state index contributed by atoms with van der Waals surface area (Å²) in [5, 5.41) is 2.56. The lowest BCUT2D eigenvalue weighted by Crippen LogP contribution is -2.32. The van der Waals surface area contributed by atoms with Gasteiger partial charge < -0.3 is 10.1 Å². The molecule has 2 N–H and O–H groups in total. The standard InChI is InChI=1S/C13H20N2O4S/c1-14-20(17,18)11-9-15-13(16)8-5-10-19-12-6-3-2-4-7-12/h2-4,6-7,14H,5,8-11H2,1H3,(H,15,16). The van der Waals surface area contributed by atoms with Crippen LogP contribution in [0.3, 0.4) is 0 Å². The molecule has 0 aromatic heterocycles. The smallest absolute Gasteiger partial charge is 0.220 e. The van der Waals surface area contributed by atoms with Gasteiger partial charge in [-0.05, 0) is 25.6 Å². The Kier molecular flexibility index (Phi) is 7.03. The average Bonchev–Trinajstić information content (AvgIpc) is 2.44. The van der Waals surface area contributed by atoms with E-state index >= 15 is 0 Å². The minimum atomic E-state index is -3.27. The number of hydrogen-bond donors (Lipinski definition) is 2. The predicted octanol–water partition coefficient (Wildman–Crippen LogP) is 0.511. The molecule has 1 aromatic rings. The molecule has 0 saturated heterocycles. The molecule has 1 amide bonds. The maximum Gasteiger partial charge on any atom is 0.220 e. The summed E-state index contributed by atoms with van der Waals surface area (Å²) in [6, 6.07) is 9.36. The van der Waals surface area contributed by atoms with Gasteiger partial charge in [-0.3, -0.25) is 4.79 Å². The van der Waals surface area contributed by atoms with E-state index < -0.39 is 10.0 Å². The highest BCUT2D eigenvalue weighted by molar-refractivity contribution is 7.89. The number of amides is 1. The predicted molar refractivity (Wildman–Crippen MR) is 77.0 cm³/mol. The van der Waals surface area contributed by atoms with E-state index in [1.54, 1.807) is 0 Å². The number of para-hydroxylation sites is 1. The average molecular weight is 300 g/mol. The zero-order valence-corrected chi connectivity index (χ0v) is 12.3. The van der Waals surface area contributed by atoms with E-state index in [4.69, 9.17) is 4.74 Å². The van der Waals surface area contributed by atoms with Crippen molar-refractivity contribution in [1.29, 1.82) is 0 Å². The molecule has 1 rings (SSSR count). The van der Waals surface area contributed by atoms with Crippen molar-refractivity contribution in [3.63, 3.8) is 0 Å². The molecule has 7 heteroatoms. The van der Waals surface area contributed by atoms with Crippen LogP contribution in [-0.4, -0.2) is 40.3 Å². The molecule has 20 heavy (non-hydrogen) atoms. The van der Waals surface area contributed by atoms with Crippen LogP contribution in [0, 0.1) is 0 Å². The molecule has 6 nitrogen and oxygen atoms in total. The Hall–Kier alpha value is -1.60. The summed E-state index contributed by atoms with van der Waals surface area (Å²) in [5.41, 5.74) is 0. The Balaban J connectivity index is 2.09. The van der Waals surface area contributed by atoms with Crippen LogP contribution in [0.15, 0.2) is 30.3 Å². The van der Waals surface area contributed by atoms with Crippen molar-refractivity contribution in [2.45, 2.75) is 12.8 Å². The lowest BCUT2D eigenvalue weighted by molar-refractivity contribution is -0.121. The molecule has 0 bridgehead atoms. The minimum absolute atomic E-state index is 0.113. The SMILES string of the molecule is CNS(=O)(=O)CCNC(=O)CCCOc1ccccc1. The van der Waals surface area contributed by atoms with Crippen molar-refractivity contribution in [1.82, 2.24) is 10.0 Å². The second kappa shape index (κ2) is 8.55. The van der Waals surface area contributed by atoms with Crippen molar-refractivity contribution < 1.29 is 17.9 Å². The van der Waals surface area contributed by atoms with E-state index in [0.29, 0.717) is 19.4 Å². The van der Waals surface area contributed by atoms with Gasteiger partial charge in [0.1, 0.15) is 5.75 Å². The molecule has 0 spiro atoms. The molecule has 0 saturated carbocycles. The van der Waals surface area contributed by atoms with Crippen LogP contribution in [0.25, 0.3) is 0 Å². The Morgan fingerprint density at radius 2 is 1.95 bits per heavy atom. The minimum Gasteiger partial charge on any atom is -0.494 e.